The van der Waals surface area contributed by atoms with Crippen LogP contribution < -0.4 is 15.2 Å². The van der Waals surface area contributed by atoms with Crippen molar-refractivity contribution in [1.82, 2.24) is 9.47 Å². The Kier molecular flexibility index (Phi) is 5.05. The Morgan fingerprint density at radius 3 is 2.64 bits per heavy atom. The lowest BCUT2D eigenvalue weighted by Crippen LogP contribution is -2.25. The van der Waals surface area contributed by atoms with Gasteiger partial charge < -0.3 is 24.2 Å². The molecular formula is C21H28FN3O3. The number of nitrogens with zero attached hydrogens (tertiary/aromatic N) is 3. The predicted molar refractivity (Wildman–Crippen MR) is 108 cm³/mol. The Morgan fingerprint density at radius 1 is 1.29 bits per heavy atom. The average molecular weight is 389 g/mol. The molecule has 1 aliphatic carbocycles. The Balaban J connectivity index is 1.87. The minimum Gasteiger partial charge on any atom is -0.491 e. The van der Waals surface area contributed by atoms with Gasteiger partial charge in [-0.1, -0.05) is 0 Å². The molecule has 0 bridgehead atoms. The fraction of sp³-hybridized carbons (Fsp3) is 0.571. The highest BCUT2D eigenvalue weighted by atomic mass is 19.1. The summed E-state index contributed by atoms with van der Waals surface area (Å²) in [6.45, 7) is 4.02. The Morgan fingerprint density at radius 2 is 2.04 bits per heavy atom. The van der Waals surface area contributed by atoms with Crippen molar-refractivity contribution in [2.24, 2.45) is 0 Å². The fourth-order valence-electron chi connectivity index (χ4n) is 4.11. The van der Waals surface area contributed by atoms with Crippen molar-refractivity contribution in [3.05, 3.63) is 33.9 Å². The first-order valence-electron chi connectivity index (χ1n) is 9.95. The number of aliphatic hydroxyl groups excluding tert-OH is 1. The number of likely N-dealkylation sites (N-methyl/N-ethyl adjacent to an activating group) is 1. The predicted octanol–water partition coefficient (Wildman–Crippen LogP) is 2.30. The number of hydrogen-bond donors (Lipinski definition) is 1. The molecule has 0 unspecified atom stereocenters. The van der Waals surface area contributed by atoms with E-state index in [0.29, 0.717) is 49.5 Å². The molecule has 0 amide bonds. The van der Waals surface area contributed by atoms with E-state index in [2.05, 4.69) is 0 Å². The van der Waals surface area contributed by atoms with Crippen LogP contribution >= 0.6 is 0 Å². The second-order valence-electron chi connectivity index (χ2n) is 8.22. The van der Waals surface area contributed by atoms with Crippen LogP contribution in [-0.4, -0.2) is 61.0 Å². The zero-order valence-electron chi connectivity index (χ0n) is 16.7. The number of aryl methyl sites for hydroxylation is 1. The summed E-state index contributed by atoms with van der Waals surface area (Å²) in [6, 6.07) is 3.16. The van der Waals surface area contributed by atoms with Crippen LogP contribution in [0.5, 0.6) is 5.75 Å². The highest BCUT2D eigenvalue weighted by molar-refractivity contribution is 5.92. The molecule has 6 nitrogen and oxygen atoms in total. The van der Waals surface area contributed by atoms with Crippen LogP contribution in [0.3, 0.4) is 0 Å². The van der Waals surface area contributed by atoms with E-state index in [0.717, 1.165) is 23.9 Å². The van der Waals surface area contributed by atoms with Gasteiger partial charge in [0.1, 0.15) is 18.2 Å². The molecule has 1 aromatic carbocycles. The van der Waals surface area contributed by atoms with Crippen LogP contribution in [0.1, 0.15) is 30.9 Å². The maximum Gasteiger partial charge on any atom is 0.255 e. The molecule has 1 aliphatic heterocycles. The van der Waals surface area contributed by atoms with Crippen molar-refractivity contribution in [2.45, 2.75) is 38.3 Å². The molecule has 1 aromatic heterocycles. The number of pyridine rings is 1. The van der Waals surface area contributed by atoms with Gasteiger partial charge >= 0.3 is 0 Å². The van der Waals surface area contributed by atoms with Crippen LogP contribution in [0.4, 0.5) is 10.1 Å². The monoisotopic (exact) mass is 389 g/mol. The number of halogens is 1. The van der Waals surface area contributed by atoms with Gasteiger partial charge in [0.25, 0.3) is 5.56 Å². The zero-order valence-corrected chi connectivity index (χ0v) is 16.7. The molecule has 152 valence electrons. The van der Waals surface area contributed by atoms with E-state index in [1.54, 1.807) is 4.57 Å². The molecule has 1 atom stereocenters. The fourth-order valence-corrected chi connectivity index (χ4v) is 4.11. The lowest BCUT2D eigenvalue weighted by Gasteiger charge is -2.24. The van der Waals surface area contributed by atoms with Crippen LogP contribution in [0, 0.1) is 12.7 Å². The highest BCUT2D eigenvalue weighted by Crippen LogP contribution is 2.41. The minimum atomic E-state index is -0.444. The zero-order chi connectivity index (χ0) is 20.0. The number of rotatable bonds is 6. The summed E-state index contributed by atoms with van der Waals surface area (Å²) in [5, 5.41) is 10.5. The quantitative estimate of drug-likeness (QED) is 0.822. The van der Waals surface area contributed by atoms with Gasteiger partial charge in [-0.25, -0.2) is 4.39 Å². The van der Waals surface area contributed by atoms with Crippen molar-refractivity contribution < 1.29 is 14.2 Å². The smallest absolute Gasteiger partial charge is 0.255 e. The number of ether oxygens (including phenoxy) is 1. The van der Waals surface area contributed by atoms with Gasteiger partial charge in [-0.15, -0.1) is 0 Å². The van der Waals surface area contributed by atoms with E-state index in [9.17, 15) is 9.90 Å². The standard InChI is InChI=1S/C21H28FN3O3/c1-13-20-16(10-17(22)21(13)24-7-6-15(26)12-24)18(28-9-8-23(2)3)11-19(27)25(20)14-4-5-14/h10-11,14-15,26H,4-9,12H2,1-3H3/t15-/m0/s1. The normalized spacial score (nSPS) is 19.8. The second-order valence-corrected chi connectivity index (χ2v) is 8.22. The minimum absolute atomic E-state index is 0.100. The number of fused-ring (bicyclic) bond motifs is 1. The van der Waals surface area contributed by atoms with E-state index >= 15 is 4.39 Å². The third-order valence-electron chi connectivity index (χ3n) is 5.65. The van der Waals surface area contributed by atoms with Gasteiger partial charge in [-0.3, -0.25) is 4.79 Å². The lowest BCUT2D eigenvalue weighted by atomic mass is 10.1. The van der Waals surface area contributed by atoms with Crippen LogP contribution in [0.2, 0.25) is 0 Å². The van der Waals surface area contributed by atoms with Crippen molar-refractivity contribution in [2.75, 3.05) is 45.2 Å². The molecule has 0 radical (unpaired) electrons. The molecule has 4 rings (SSSR count). The van der Waals surface area contributed by atoms with E-state index in [-0.39, 0.29) is 17.4 Å². The van der Waals surface area contributed by atoms with Gasteiger partial charge in [0.15, 0.2) is 0 Å². The van der Waals surface area contributed by atoms with Crippen molar-refractivity contribution in [1.29, 1.82) is 0 Å². The van der Waals surface area contributed by atoms with Gasteiger partial charge in [-0.2, -0.15) is 0 Å². The molecule has 2 aliphatic rings. The highest BCUT2D eigenvalue weighted by Gasteiger charge is 2.31. The first-order valence-corrected chi connectivity index (χ1v) is 9.95. The summed E-state index contributed by atoms with van der Waals surface area (Å²) in [4.78, 5) is 16.8. The van der Waals surface area contributed by atoms with Crippen LogP contribution in [0.25, 0.3) is 10.9 Å². The largest absolute Gasteiger partial charge is 0.491 e. The lowest BCUT2D eigenvalue weighted by molar-refractivity contribution is 0.198. The van der Waals surface area contributed by atoms with E-state index in [4.69, 9.17) is 4.74 Å². The van der Waals surface area contributed by atoms with Gasteiger partial charge in [0.05, 0.1) is 17.3 Å². The van der Waals surface area contributed by atoms with Gasteiger partial charge in [-0.05, 0) is 51.9 Å². The summed E-state index contributed by atoms with van der Waals surface area (Å²) in [6.07, 6.45) is 2.11. The summed E-state index contributed by atoms with van der Waals surface area (Å²) in [5.41, 5.74) is 1.89. The van der Waals surface area contributed by atoms with E-state index < -0.39 is 6.10 Å². The van der Waals surface area contributed by atoms with Crippen molar-refractivity contribution >= 4 is 16.6 Å². The van der Waals surface area contributed by atoms with E-state index in [1.165, 1.54) is 12.1 Å². The van der Waals surface area contributed by atoms with E-state index in [1.807, 2.05) is 30.8 Å². The SMILES string of the molecule is Cc1c(N2CC[C@H](O)C2)c(F)cc2c(OCCN(C)C)cc(=O)n(C3CC3)c12. The Labute approximate surface area is 164 Å². The average Bonchev–Trinajstić information content (AvgIpc) is 3.37. The number of aliphatic hydroxyl groups is 1. The van der Waals surface area contributed by atoms with Crippen LogP contribution in [-0.2, 0) is 0 Å². The molecule has 1 saturated carbocycles. The van der Waals surface area contributed by atoms with Crippen molar-refractivity contribution in [3.8, 4) is 5.75 Å². The Bertz CT molecular complexity index is 952. The first kappa shape index (κ1) is 19.2. The number of aromatic nitrogens is 1. The molecule has 28 heavy (non-hydrogen) atoms. The third-order valence-corrected chi connectivity index (χ3v) is 5.65. The van der Waals surface area contributed by atoms with Crippen LogP contribution in [0.15, 0.2) is 16.9 Å². The van der Waals surface area contributed by atoms with Crippen molar-refractivity contribution in [3.63, 3.8) is 0 Å². The third kappa shape index (κ3) is 3.49. The molecule has 0 spiro atoms. The molecule has 1 saturated heterocycles. The molecule has 2 aromatic rings. The summed E-state index contributed by atoms with van der Waals surface area (Å²) >= 11 is 0. The van der Waals surface area contributed by atoms with Gasteiger partial charge in [0.2, 0.25) is 0 Å². The Hall–Kier alpha value is -2.12. The summed E-state index contributed by atoms with van der Waals surface area (Å²) in [7, 11) is 3.90. The summed E-state index contributed by atoms with van der Waals surface area (Å²) in [5.74, 6) is 0.103. The summed E-state index contributed by atoms with van der Waals surface area (Å²) < 4.78 is 22.9. The number of hydrogen-bond acceptors (Lipinski definition) is 5. The topological polar surface area (TPSA) is 57.9 Å². The number of anilines is 1. The number of benzene rings is 1. The maximum absolute atomic E-state index is 15.2. The first-order chi connectivity index (χ1) is 13.4. The molecule has 1 N–H and O–H groups in total. The molecule has 2 heterocycles. The molecule has 2 fully saturated rings. The molecule has 7 heteroatoms. The van der Waals surface area contributed by atoms with Gasteiger partial charge in [0, 0.05) is 37.1 Å². The maximum atomic E-state index is 15.2. The number of β-amino-alcohol motifs (C(OH)–C–C–N with tert-alkyl or cyclic N) is 1. The second kappa shape index (κ2) is 7.37. The molecular weight excluding hydrogens is 361 g/mol.